The molecule has 27 nitrogen and oxygen atoms in total. The molecule has 7 saturated heterocycles. The van der Waals surface area contributed by atoms with Crippen LogP contribution in [-0.2, 0) is 110 Å². The molecule has 4 amide bonds. The summed E-state index contributed by atoms with van der Waals surface area (Å²) in [6.45, 7) is 16.3. The van der Waals surface area contributed by atoms with Crippen molar-refractivity contribution >= 4 is 117 Å². The number of cyclic esters (lactones) is 3. The smallest absolute Gasteiger partial charge is 0.314 e. The number of ether oxygens (including phenoxy) is 3. The Hall–Kier alpha value is -8.00. The first-order chi connectivity index (χ1) is 37.7. The van der Waals surface area contributed by atoms with Crippen molar-refractivity contribution in [3.05, 3.63) is 0 Å². The van der Waals surface area contributed by atoms with Gasteiger partial charge in [0.2, 0.25) is 23.6 Å². The SMILES string of the molecule is CC1(C)CC(=O)CC1=O.CC1(C)NC(=O)CC1=O.CC1CC(=O)CC1=O.CC1OC(=O)CC1=O.CCC1OC(=O)CC1=O.CN1C(=O)CC(=O)C1(C)C.CN1CC(=O)CC1=O.O=C1CCC(=O)C1.O=C1CNC(=O)C1.O=C1COC(=O)C1. The Morgan fingerprint density at radius 3 is 1.21 bits per heavy atom. The van der Waals surface area contributed by atoms with Gasteiger partial charge in [-0.15, -0.1) is 0 Å². The standard InChI is InChI=1S/C7H11NO2.C7H10O2.C6H9NO2.C6H8O3.C6H8O2.C5H7NO2.C5H6O3.C5H6O2.C4H5NO2.C4H4O3/c1-7(2)5(9)4-6(10)8(7)3;1-7(2)4-5(8)3-6(7)9;1-6(2)4(8)3-5(9)7-6;1-2-5-4(7)3-6(8)9-5;1-4-2-5(7)3-6(4)8;1-6-3-4(7)2-5(6)8;1-3-4(6)2-5(7)8-3;6-4-1-2-5(7)3-4;6-3-1-4(7)5-2-3;5-3-1-4(6)7-2-3/h4H2,1-3H3;3-4H2,1-2H3;3H2,1-2H3,(H,7,9);5H,2-3H2,1H3;4H,2-3H2,1H3;2-3H2,1H3;3H,2H2,1H3;1-3H2;1-2H2,(H,5,7);1-2H2. The summed E-state index contributed by atoms with van der Waals surface area (Å²) in [7, 11) is 3.29. The van der Waals surface area contributed by atoms with Gasteiger partial charge in [0.05, 0.1) is 69.1 Å². The number of Topliss-reactive ketones (excluding diaryl/α,β-unsaturated/α-hetero) is 13. The van der Waals surface area contributed by atoms with Crippen molar-refractivity contribution in [2.75, 3.05) is 33.8 Å². The highest BCUT2D eigenvalue weighted by Crippen LogP contribution is 2.30. The van der Waals surface area contributed by atoms with E-state index in [0.717, 1.165) is 0 Å². The van der Waals surface area contributed by atoms with Crippen molar-refractivity contribution in [2.24, 2.45) is 11.3 Å². The molecule has 3 atom stereocenters. The monoisotopic (exact) mass is 1160 g/mol. The molecule has 2 N–H and O–H groups in total. The van der Waals surface area contributed by atoms with Gasteiger partial charge >= 0.3 is 17.9 Å². The lowest BCUT2D eigenvalue weighted by atomic mass is 9.91. The van der Waals surface area contributed by atoms with Crippen LogP contribution in [0.4, 0.5) is 0 Å². The van der Waals surface area contributed by atoms with E-state index in [0.29, 0.717) is 38.6 Å². The van der Waals surface area contributed by atoms with Gasteiger partial charge in [-0.1, -0.05) is 27.7 Å². The van der Waals surface area contributed by atoms with Gasteiger partial charge < -0.3 is 34.6 Å². The first kappa shape index (κ1) is 72.0. The summed E-state index contributed by atoms with van der Waals surface area (Å²) < 4.78 is 13.4. The number of nitrogens with one attached hydrogen (secondary N) is 2. The van der Waals surface area contributed by atoms with Gasteiger partial charge in [0.1, 0.15) is 54.0 Å². The van der Waals surface area contributed by atoms with Gasteiger partial charge in [-0.2, -0.15) is 0 Å². The molecule has 0 aromatic carbocycles. The number of likely N-dealkylation sites (N-methyl/N-ethyl adjacent to an activating group) is 2. The van der Waals surface area contributed by atoms with E-state index in [1.54, 1.807) is 55.6 Å². The van der Waals surface area contributed by atoms with Gasteiger partial charge in [-0.05, 0) is 41.0 Å². The molecular formula is C55H74N4O23. The summed E-state index contributed by atoms with van der Waals surface area (Å²) in [5.41, 5.74) is -1.55. The number of rotatable bonds is 1. The van der Waals surface area contributed by atoms with Crippen molar-refractivity contribution in [3.63, 3.8) is 0 Å². The lowest BCUT2D eigenvalue weighted by Crippen LogP contribution is -2.41. The molecular weight excluding hydrogens is 1080 g/mol. The van der Waals surface area contributed by atoms with E-state index < -0.39 is 35.2 Å². The first-order valence-corrected chi connectivity index (χ1v) is 26.1. The molecule has 0 spiro atoms. The third-order valence-corrected chi connectivity index (χ3v) is 13.1. The van der Waals surface area contributed by atoms with Crippen LogP contribution in [0.2, 0.25) is 0 Å². The highest BCUT2D eigenvalue weighted by molar-refractivity contribution is 6.11. The number of hydrogen-bond donors (Lipinski definition) is 2. The minimum atomic E-state index is -0.614. The number of hydrogen-bond acceptors (Lipinski definition) is 23. The van der Waals surface area contributed by atoms with Crippen LogP contribution in [0.5, 0.6) is 0 Å². The van der Waals surface area contributed by atoms with E-state index in [2.05, 4.69) is 24.8 Å². The van der Waals surface area contributed by atoms with Gasteiger partial charge in [-0.3, -0.25) is 95.9 Å². The lowest BCUT2D eigenvalue weighted by molar-refractivity contribution is -0.142. The van der Waals surface area contributed by atoms with Crippen molar-refractivity contribution < 1.29 is 110 Å². The Bertz CT molecular complexity index is 2390. The number of esters is 3. The van der Waals surface area contributed by atoms with Crippen molar-refractivity contribution in [1.82, 2.24) is 20.4 Å². The molecule has 82 heavy (non-hydrogen) atoms. The molecule has 3 aliphatic carbocycles. The molecule has 452 valence electrons. The molecule has 0 aromatic rings. The lowest BCUT2D eigenvalue weighted by Gasteiger charge is -2.25. The molecule has 3 saturated carbocycles. The average molecular weight is 1160 g/mol. The highest BCUT2D eigenvalue weighted by atomic mass is 16.6. The van der Waals surface area contributed by atoms with E-state index >= 15 is 0 Å². The van der Waals surface area contributed by atoms with Crippen LogP contribution in [-0.4, -0.2) is 184 Å². The molecule has 10 rings (SSSR count). The molecule has 10 fully saturated rings. The Morgan fingerprint density at radius 1 is 0.500 bits per heavy atom. The third kappa shape index (κ3) is 25.6. The maximum atomic E-state index is 11.1. The quantitative estimate of drug-likeness (QED) is 0.199. The molecule has 0 radical (unpaired) electrons. The van der Waals surface area contributed by atoms with Crippen LogP contribution in [0.25, 0.3) is 0 Å². The zero-order valence-electron chi connectivity index (χ0n) is 48.2. The zero-order valence-corrected chi connectivity index (χ0v) is 48.2. The van der Waals surface area contributed by atoms with Gasteiger partial charge in [-0.25, -0.2) is 0 Å². The Kier molecular flexibility index (Phi) is 28.5. The van der Waals surface area contributed by atoms with Gasteiger partial charge in [0.15, 0.2) is 59.3 Å². The molecule has 3 unspecified atom stereocenters. The summed E-state index contributed by atoms with van der Waals surface area (Å²) in [6.07, 6.45) is 2.29. The summed E-state index contributed by atoms with van der Waals surface area (Å²) in [6, 6.07) is 0. The summed E-state index contributed by atoms with van der Waals surface area (Å²) in [5, 5.41) is 4.94. The topological polar surface area (TPSA) is 400 Å². The number of nitrogens with zero attached hydrogens (tertiary/aromatic N) is 2. The molecule has 7 heterocycles. The largest absolute Gasteiger partial charge is 0.457 e. The zero-order chi connectivity index (χ0) is 63.2. The van der Waals surface area contributed by atoms with Crippen LogP contribution in [0.1, 0.15) is 159 Å². The van der Waals surface area contributed by atoms with Crippen LogP contribution in [0.15, 0.2) is 0 Å². The predicted octanol–water partition coefficient (Wildman–Crippen LogP) is 0.0251. The van der Waals surface area contributed by atoms with Crippen molar-refractivity contribution in [1.29, 1.82) is 0 Å². The molecule has 0 aromatic heterocycles. The molecule has 0 bridgehead atoms. The summed E-state index contributed by atoms with van der Waals surface area (Å²) in [4.78, 5) is 212. The fourth-order valence-corrected chi connectivity index (χ4v) is 7.51. The van der Waals surface area contributed by atoms with Crippen molar-refractivity contribution in [3.8, 4) is 0 Å². The minimum Gasteiger partial charge on any atom is -0.457 e. The Morgan fingerprint density at radius 2 is 1.07 bits per heavy atom. The van der Waals surface area contributed by atoms with Crippen LogP contribution in [0.3, 0.4) is 0 Å². The Labute approximate surface area is 473 Å². The molecule has 27 heteroatoms. The number of carbonyl (C=O) groups is 20. The first-order valence-electron chi connectivity index (χ1n) is 26.1. The number of likely N-dealkylation sites (tertiary alicyclic amines) is 2. The molecule has 10 aliphatic rings. The van der Waals surface area contributed by atoms with Crippen molar-refractivity contribution in [2.45, 2.75) is 182 Å². The van der Waals surface area contributed by atoms with E-state index in [9.17, 15) is 95.9 Å². The van der Waals surface area contributed by atoms with E-state index in [-0.39, 0.29) is 193 Å². The fourth-order valence-electron chi connectivity index (χ4n) is 7.51. The summed E-state index contributed by atoms with van der Waals surface area (Å²) >= 11 is 0. The van der Waals surface area contributed by atoms with E-state index in [1.165, 1.54) is 9.80 Å². The van der Waals surface area contributed by atoms with Gasteiger partial charge in [0.25, 0.3) is 0 Å². The van der Waals surface area contributed by atoms with E-state index in [1.807, 2.05) is 20.8 Å². The number of amides is 4. The second kappa shape index (κ2) is 32.4. The fraction of sp³-hybridized carbons (Fsp3) is 0.636. The van der Waals surface area contributed by atoms with Crippen LogP contribution < -0.4 is 10.6 Å². The Balaban J connectivity index is 0.000000456. The van der Waals surface area contributed by atoms with Gasteiger partial charge in [0, 0.05) is 51.1 Å². The second-order valence-electron chi connectivity index (χ2n) is 21.8. The number of ketones is 13. The maximum absolute atomic E-state index is 11.1. The number of carbonyl (C=O) groups excluding carboxylic acids is 20. The average Bonchev–Trinajstić information content (AvgIpc) is 4.28. The summed E-state index contributed by atoms with van der Waals surface area (Å²) in [5.74, 6) is -1.34. The van der Waals surface area contributed by atoms with E-state index in [4.69, 9.17) is 0 Å². The second-order valence-corrected chi connectivity index (χ2v) is 21.8. The van der Waals surface area contributed by atoms with Crippen LogP contribution in [0, 0.1) is 11.3 Å². The maximum Gasteiger partial charge on any atom is 0.314 e. The van der Waals surface area contributed by atoms with Crippen LogP contribution >= 0.6 is 0 Å². The highest BCUT2D eigenvalue weighted by Gasteiger charge is 2.43. The normalized spacial score (nSPS) is 24.1. The predicted molar refractivity (Wildman–Crippen MR) is 279 cm³/mol. The third-order valence-electron chi connectivity index (χ3n) is 13.1. The minimum absolute atomic E-state index is 0.00231. The molecule has 7 aliphatic heterocycles.